The summed E-state index contributed by atoms with van der Waals surface area (Å²) in [6.07, 6.45) is 1.39. The Hall–Kier alpha value is -2.65. The molecular weight excluding hydrogens is 484 g/mol. The van der Waals surface area contributed by atoms with Gasteiger partial charge in [-0.15, -0.1) is 0 Å². The fourth-order valence-corrected chi connectivity index (χ4v) is 6.00. The number of carbonyl (C=O) groups is 4. The van der Waals surface area contributed by atoms with E-state index in [9.17, 15) is 24.3 Å². The summed E-state index contributed by atoms with van der Waals surface area (Å²) >= 11 is 6.03. The normalized spacial score (nSPS) is 30.3. The van der Waals surface area contributed by atoms with E-state index in [4.69, 9.17) is 11.6 Å². The second-order valence-corrected chi connectivity index (χ2v) is 11.9. The Morgan fingerprint density at radius 1 is 1.17 bits per heavy atom. The Kier molecular flexibility index (Phi) is 6.85. The molecule has 0 bridgehead atoms. The van der Waals surface area contributed by atoms with E-state index >= 15 is 0 Å². The van der Waals surface area contributed by atoms with Crippen LogP contribution in [0, 0.1) is 17.3 Å². The molecule has 4 rings (SSSR count). The van der Waals surface area contributed by atoms with Crippen LogP contribution in [-0.4, -0.2) is 58.4 Å². The predicted molar refractivity (Wildman–Crippen MR) is 134 cm³/mol. The Bertz CT molecular complexity index is 1070. The van der Waals surface area contributed by atoms with Crippen molar-refractivity contribution in [1.29, 1.82) is 0 Å². The van der Waals surface area contributed by atoms with E-state index in [2.05, 4.69) is 16.0 Å². The van der Waals surface area contributed by atoms with Crippen LogP contribution >= 0.6 is 11.6 Å². The van der Waals surface area contributed by atoms with Gasteiger partial charge < -0.3 is 20.6 Å². The molecule has 2 saturated heterocycles. The molecule has 4 N–H and O–H groups in total. The monoisotopic (exact) mass is 518 g/mol. The number of likely N-dealkylation sites (tertiary alicyclic amines) is 1. The summed E-state index contributed by atoms with van der Waals surface area (Å²) in [6, 6.07) is 5.86. The summed E-state index contributed by atoms with van der Waals surface area (Å²) in [7, 11) is 0. The van der Waals surface area contributed by atoms with Crippen LogP contribution in [-0.2, 0) is 20.0 Å². The number of urea groups is 1. The summed E-state index contributed by atoms with van der Waals surface area (Å²) in [5.41, 5.74) is -2.06. The summed E-state index contributed by atoms with van der Waals surface area (Å²) in [5.74, 6) is -1.52. The number of nitrogens with one attached hydrogen (secondary N) is 3. The minimum atomic E-state index is -1.13. The molecule has 9 nitrogen and oxygen atoms in total. The number of aliphatic hydroxyl groups is 1. The second-order valence-electron chi connectivity index (χ2n) is 11.4. The number of hydrogen-bond acceptors (Lipinski definition) is 5. The van der Waals surface area contributed by atoms with Crippen molar-refractivity contribution in [3.8, 4) is 0 Å². The average molecular weight is 519 g/mol. The Balaban J connectivity index is 1.44. The Morgan fingerprint density at radius 2 is 1.83 bits per heavy atom. The number of carbonyl (C=O) groups excluding carboxylic acids is 4. The first-order chi connectivity index (χ1) is 16.8. The number of piperidine rings is 1. The van der Waals surface area contributed by atoms with Crippen LogP contribution in [0.1, 0.15) is 58.9 Å². The lowest BCUT2D eigenvalue weighted by molar-refractivity contribution is -0.157. The molecule has 1 aliphatic carbocycles. The molecule has 36 heavy (non-hydrogen) atoms. The lowest BCUT2D eigenvalue weighted by atomic mass is 9.66. The molecule has 1 saturated carbocycles. The van der Waals surface area contributed by atoms with Gasteiger partial charge in [-0.1, -0.05) is 51.4 Å². The van der Waals surface area contributed by atoms with Crippen molar-refractivity contribution < 1.29 is 24.3 Å². The highest BCUT2D eigenvalue weighted by molar-refractivity contribution is 6.30. The molecular formula is C26H35ClN4O5. The molecule has 196 valence electrons. The van der Waals surface area contributed by atoms with Crippen molar-refractivity contribution in [1.82, 2.24) is 20.9 Å². The second kappa shape index (κ2) is 9.34. The molecule has 0 aromatic heterocycles. The number of amides is 5. The maximum Gasteiger partial charge on any atom is 0.322 e. The smallest absolute Gasteiger partial charge is 0.322 e. The molecule has 3 fully saturated rings. The molecule has 2 aliphatic heterocycles. The lowest BCUT2D eigenvalue weighted by Gasteiger charge is -2.51. The summed E-state index contributed by atoms with van der Waals surface area (Å²) in [4.78, 5) is 52.3. The minimum absolute atomic E-state index is 0.161. The molecule has 1 spiro atoms. The average Bonchev–Trinajstić information content (AvgIpc) is 3.35. The first-order valence-corrected chi connectivity index (χ1v) is 12.9. The van der Waals surface area contributed by atoms with E-state index in [0.29, 0.717) is 37.4 Å². The van der Waals surface area contributed by atoms with Crippen LogP contribution < -0.4 is 16.0 Å². The van der Waals surface area contributed by atoms with Gasteiger partial charge in [0.2, 0.25) is 11.8 Å². The van der Waals surface area contributed by atoms with Crippen molar-refractivity contribution in [2.24, 2.45) is 17.3 Å². The van der Waals surface area contributed by atoms with Gasteiger partial charge in [0.15, 0.2) is 0 Å². The van der Waals surface area contributed by atoms with Gasteiger partial charge in [-0.3, -0.25) is 19.7 Å². The van der Waals surface area contributed by atoms with Crippen molar-refractivity contribution in [2.75, 3.05) is 13.1 Å². The van der Waals surface area contributed by atoms with Crippen LogP contribution in [0.3, 0.4) is 0 Å². The van der Waals surface area contributed by atoms with E-state index in [-0.39, 0.29) is 24.2 Å². The van der Waals surface area contributed by atoms with Crippen molar-refractivity contribution in [3.63, 3.8) is 0 Å². The summed E-state index contributed by atoms with van der Waals surface area (Å²) in [6.45, 7) is 8.29. The van der Waals surface area contributed by atoms with Crippen molar-refractivity contribution in [3.05, 3.63) is 34.9 Å². The highest BCUT2D eigenvalue weighted by Gasteiger charge is 2.53. The number of benzene rings is 1. The maximum absolute atomic E-state index is 13.6. The fourth-order valence-electron chi connectivity index (χ4n) is 5.87. The number of imide groups is 1. The molecule has 1 aromatic carbocycles. The summed E-state index contributed by atoms with van der Waals surface area (Å²) < 4.78 is 0. The van der Waals surface area contributed by atoms with Crippen LogP contribution in [0.2, 0.25) is 5.02 Å². The number of halogens is 1. The molecule has 3 unspecified atom stereocenters. The highest BCUT2D eigenvalue weighted by Crippen LogP contribution is 2.46. The molecule has 1 aromatic rings. The predicted octanol–water partition coefficient (Wildman–Crippen LogP) is 2.31. The first kappa shape index (κ1) is 26.4. The third kappa shape index (κ3) is 4.59. The maximum atomic E-state index is 13.6. The lowest BCUT2D eigenvalue weighted by Crippen LogP contribution is -2.60. The number of rotatable bonds is 5. The number of hydrogen-bond donors (Lipinski definition) is 4. The minimum Gasteiger partial charge on any atom is -0.384 e. The van der Waals surface area contributed by atoms with Gasteiger partial charge in [-0.05, 0) is 49.3 Å². The fraction of sp³-hybridized carbons (Fsp3) is 0.615. The summed E-state index contributed by atoms with van der Waals surface area (Å²) in [5, 5.41) is 20.0. The third-order valence-corrected chi connectivity index (χ3v) is 8.46. The van der Waals surface area contributed by atoms with E-state index in [1.807, 2.05) is 39.8 Å². The van der Waals surface area contributed by atoms with Gasteiger partial charge in [-0.25, -0.2) is 4.79 Å². The molecule has 10 heteroatoms. The zero-order valence-corrected chi connectivity index (χ0v) is 21.9. The topological polar surface area (TPSA) is 128 Å². The largest absolute Gasteiger partial charge is 0.384 e. The van der Waals surface area contributed by atoms with E-state index in [1.54, 1.807) is 17.0 Å². The molecule has 2 heterocycles. The molecule has 5 amide bonds. The third-order valence-electron chi connectivity index (χ3n) is 8.21. The van der Waals surface area contributed by atoms with Crippen LogP contribution in [0.25, 0.3) is 0 Å². The van der Waals surface area contributed by atoms with E-state index in [1.165, 1.54) is 0 Å². The van der Waals surface area contributed by atoms with Crippen LogP contribution in [0.5, 0.6) is 0 Å². The van der Waals surface area contributed by atoms with Crippen LogP contribution in [0.4, 0.5) is 4.79 Å². The quantitative estimate of drug-likeness (QED) is 0.445. The highest BCUT2D eigenvalue weighted by atomic mass is 35.5. The zero-order chi connectivity index (χ0) is 26.5. The van der Waals surface area contributed by atoms with Gasteiger partial charge in [0, 0.05) is 29.4 Å². The standard InChI is InChI=1S/C26H35ClN4O5/c1-15(2)19(28-20(32)16-9-10-25(13-16)22(34)29-23(35)30-25)21(33)31-12-11-26(36,24(3,4)14-31)17-5-7-18(27)8-6-17/h5-8,15-16,19,36H,9-14H2,1-4H3,(H,28,32)(H2,29,30,34,35)/t16-,19?,25?,26?/m1/s1. The van der Waals surface area contributed by atoms with E-state index in [0.717, 1.165) is 5.56 Å². The van der Waals surface area contributed by atoms with Gasteiger partial charge in [0.25, 0.3) is 5.91 Å². The van der Waals surface area contributed by atoms with Crippen molar-refractivity contribution in [2.45, 2.75) is 70.6 Å². The molecule has 0 radical (unpaired) electrons. The molecule has 4 atom stereocenters. The van der Waals surface area contributed by atoms with Gasteiger partial charge in [0.1, 0.15) is 11.6 Å². The Labute approximate surface area is 216 Å². The molecule has 3 aliphatic rings. The zero-order valence-electron chi connectivity index (χ0n) is 21.2. The van der Waals surface area contributed by atoms with Crippen molar-refractivity contribution >= 4 is 35.4 Å². The Morgan fingerprint density at radius 3 is 2.39 bits per heavy atom. The van der Waals surface area contributed by atoms with E-state index < -0.39 is 40.5 Å². The van der Waals surface area contributed by atoms with Gasteiger partial charge >= 0.3 is 6.03 Å². The SMILES string of the molecule is CC(C)C(NC(=O)[C@@H]1CCC2(C1)NC(=O)NC2=O)C(=O)N1CCC(O)(c2ccc(Cl)cc2)C(C)(C)C1. The first-order valence-electron chi connectivity index (χ1n) is 12.5. The van der Waals surface area contributed by atoms with Crippen LogP contribution in [0.15, 0.2) is 24.3 Å². The number of nitrogens with zero attached hydrogens (tertiary/aromatic N) is 1. The van der Waals surface area contributed by atoms with Gasteiger partial charge in [0.05, 0.1) is 5.60 Å². The van der Waals surface area contributed by atoms with Gasteiger partial charge in [-0.2, -0.15) is 0 Å².